The minimum atomic E-state index is -1.09. The summed E-state index contributed by atoms with van der Waals surface area (Å²) in [6.45, 7) is 1.60. The van der Waals surface area contributed by atoms with Crippen LogP contribution in [-0.4, -0.2) is 21.0 Å². The molecular weight excluding hydrogens is 391 g/mol. The molecular formula is C22H15FN2O3S. The van der Waals surface area contributed by atoms with E-state index in [0.717, 1.165) is 16.9 Å². The predicted octanol–water partition coefficient (Wildman–Crippen LogP) is 4.72. The molecule has 2 N–H and O–H groups in total. The number of benzene rings is 2. The fourth-order valence-electron chi connectivity index (χ4n) is 3.14. The van der Waals surface area contributed by atoms with Gasteiger partial charge < -0.3 is 10.1 Å². The Morgan fingerprint density at radius 3 is 2.62 bits per heavy atom. The molecule has 5 nitrogen and oxygen atoms in total. The van der Waals surface area contributed by atoms with Crippen LogP contribution in [0.1, 0.15) is 32.2 Å². The third-order valence-electron chi connectivity index (χ3n) is 4.49. The van der Waals surface area contributed by atoms with Crippen LogP contribution in [0.5, 0.6) is 0 Å². The van der Waals surface area contributed by atoms with E-state index in [1.54, 1.807) is 25.1 Å². The Kier molecular flexibility index (Phi) is 4.82. The number of nitrogens with one attached hydrogen (secondary N) is 1. The van der Waals surface area contributed by atoms with Gasteiger partial charge in [-0.1, -0.05) is 42.5 Å². The van der Waals surface area contributed by atoms with Crippen molar-refractivity contribution in [3.63, 3.8) is 0 Å². The number of aromatic nitrogens is 2. The van der Waals surface area contributed by atoms with Crippen molar-refractivity contribution in [1.82, 2.24) is 9.97 Å². The van der Waals surface area contributed by atoms with Crippen molar-refractivity contribution in [2.24, 2.45) is 0 Å². The van der Waals surface area contributed by atoms with Gasteiger partial charge in [0.1, 0.15) is 21.3 Å². The Morgan fingerprint density at radius 2 is 1.93 bits per heavy atom. The predicted molar refractivity (Wildman–Crippen MR) is 112 cm³/mol. The van der Waals surface area contributed by atoms with E-state index in [1.807, 2.05) is 30.3 Å². The van der Waals surface area contributed by atoms with E-state index in [2.05, 4.69) is 9.97 Å². The van der Waals surface area contributed by atoms with Gasteiger partial charge in [0.2, 0.25) is 0 Å². The third kappa shape index (κ3) is 3.60. The zero-order valence-electron chi connectivity index (χ0n) is 15.3. The molecule has 0 radical (unpaired) electrons. The number of aromatic amines is 1. The van der Waals surface area contributed by atoms with Crippen LogP contribution < -0.4 is 5.56 Å². The van der Waals surface area contributed by atoms with E-state index in [1.165, 1.54) is 12.1 Å². The molecule has 0 saturated carbocycles. The van der Waals surface area contributed by atoms with Crippen molar-refractivity contribution in [2.45, 2.75) is 6.92 Å². The molecule has 29 heavy (non-hydrogen) atoms. The highest BCUT2D eigenvalue weighted by molar-refractivity contribution is 7.20. The summed E-state index contributed by atoms with van der Waals surface area (Å²) in [5.41, 5.74) is 1.98. The topological polar surface area (TPSA) is 83.0 Å². The zero-order valence-corrected chi connectivity index (χ0v) is 16.1. The quantitative estimate of drug-likeness (QED) is 0.481. The molecule has 4 rings (SSSR count). The lowest BCUT2D eigenvalue weighted by Gasteiger charge is -2.08. The van der Waals surface area contributed by atoms with Crippen LogP contribution in [-0.2, 0) is 0 Å². The summed E-state index contributed by atoms with van der Waals surface area (Å²) in [5.74, 6) is -1.18. The molecule has 0 unspecified atom stereocenters. The molecule has 2 heterocycles. The number of carboxylic acid groups (broad SMARTS) is 1. The van der Waals surface area contributed by atoms with E-state index in [9.17, 15) is 19.1 Å². The molecule has 144 valence electrons. The zero-order chi connectivity index (χ0) is 20.5. The number of fused-ring (bicyclic) bond motifs is 1. The van der Waals surface area contributed by atoms with E-state index in [-0.39, 0.29) is 21.9 Å². The number of halogens is 1. The monoisotopic (exact) mass is 406 g/mol. The van der Waals surface area contributed by atoms with E-state index in [0.29, 0.717) is 21.5 Å². The van der Waals surface area contributed by atoms with Crippen molar-refractivity contribution in [3.8, 4) is 0 Å². The molecule has 7 heteroatoms. The van der Waals surface area contributed by atoms with Gasteiger partial charge in [-0.3, -0.25) is 4.79 Å². The molecule has 0 bridgehead atoms. The number of nitrogens with zero attached hydrogens (tertiary/aromatic N) is 1. The average molecular weight is 406 g/mol. The van der Waals surface area contributed by atoms with Crippen LogP contribution in [0.25, 0.3) is 21.9 Å². The number of aromatic carboxylic acids is 1. The first kappa shape index (κ1) is 18.8. The number of thiophene rings is 1. The molecule has 0 amide bonds. The first-order chi connectivity index (χ1) is 13.9. The summed E-state index contributed by atoms with van der Waals surface area (Å²) in [7, 11) is 0. The largest absolute Gasteiger partial charge is 0.477 e. The van der Waals surface area contributed by atoms with Crippen LogP contribution in [0.4, 0.5) is 4.39 Å². The van der Waals surface area contributed by atoms with Gasteiger partial charge in [-0.15, -0.1) is 11.3 Å². The van der Waals surface area contributed by atoms with Gasteiger partial charge in [-0.25, -0.2) is 14.2 Å². The number of rotatable bonds is 4. The Morgan fingerprint density at radius 1 is 1.17 bits per heavy atom. The van der Waals surface area contributed by atoms with Gasteiger partial charge in [0, 0.05) is 5.57 Å². The molecule has 4 aromatic rings. The highest BCUT2D eigenvalue weighted by Gasteiger charge is 2.20. The van der Waals surface area contributed by atoms with Crippen LogP contribution in [0.2, 0.25) is 0 Å². The summed E-state index contributed by atoms with van der Waals surface area (Å²) in [6, 6.07) is 15.4. The summed E-state index contributed by atoms with van der Waals surface area (Å²) >= 11 is 0.964. The summed E-state index contributed by atoms with van der Waals surface area (Å²) in [6.07, 6.45) is 1.74. The van der Waals surface area contributed by atoms with Crippen molar-refractivity contribution in [1.29, 1.82) is 0 Å². The molecule has 0 spiro atoms. The maximum Gasteiger partial charge on any atom is 0.346 e. The number of carbonyl (C=O) groups is 1. The second-order valence-electron chi connectivity index (χ2n) is 6.44. The van der Waals surface area contributed by atoms with E-state index < -0.39 is 11.5 Å². The number of H-pyrrole nitrogens is 1. The fourth-order valence-corrected chi connectivity index (χ4v) is 4.17. The maximum atomic E-state index is 13.7. The van der Waals surface area contributed by atoms with Gasteiger partial charge >= 0.3 is 5.97 Å². The van der Waals surface area contributed by atoms with Crippen molar-refractivity contribution >= 4 is 39.2 Å². The Balaban J connectivity index is 1.97. The molecule has 2 aromatic heterocycles. The summed E-state index contributed by atoms with van der Waals surface area (Å²) in [4.78, 5) is 31.9. The third-order valence-corrected chi connectivity index (χ3v) is 5.67. The Labute approximate surface area is 168 Å². The number of hydrogen-bond acceptors (Lipinski definition) is 4. The minimum Gasteiger partial charge on any atom is -0.477 e. The summed E-state index contributed by atoms with van der Waals surface area (Å²) < 4.78 is 13.7. The molecule has 0 saturated heterocycles. The Hall–Kier alpha value is -3.58. The van der Waals surface area contributed by atoms with Crippen LogP contribution in [0.15, 0.2) is 59.4 Å². The van der Waals surface area contributed by atoms with Crippen molar-refractivity contribution in [3.05, 3.63) is 98.2 Å². The van der Waals surface area contributed by atoms with Crippen molar-refractivity contribution < 1.29 is 14.3 Å². The average Bonchev–Trinajstić information content (AvgIpc) is 3.04. The Bertz CT molecular complexity index is 1320. The second-order valence-corrected chi connectivity index (χ2v) is 7.43. The molecule has 0 aliphatic rings. The number of aryl methyl sites for hydroxylation is 1. The standard InChI is InChI=1S/C22H15FN2O3S/c1-12-17-20(26)24-19(25-21(17)29-18(12)22(27)28)16(14-7-3-2-4-8-14)11-13-6-5-9-15(23)10-13/h2-11H,1H3,(H,27,28)(H,24,25,26)/b16-11-. The van der Waals surface area contributed by atoms with Crippen molar-refractivity contribution in [2.75, 3.05) is 0 Å². The molecule has 0 aliphatic carbocycles. The van der Waals surface area contributed by atoms with Gasteiger partial charge in [-0.05, 0) is 41.8 Å². The number of carboxylic acids is 1. The highest BCUT2D eigenvalue weighted by atomic mass is 32.1. The highest BCUT2D eigenvalue weighted by Crippen LogP contribution is 2.29. The van der Waals surface area contributed by atoms with Crippen LogP contribution in [0, 0.1) is 12.7 Å². The van der Waals surface area contributed by atoms with Gasteiger partial charge in [0.25, 0.3) is 5.56 Å². The number of hydrogen-bond donors (Lipinski definition) is 2. The molecule has 0 fully saturated rings. The normalized spacial score (nSPS) is 11.7. The van der Waals surface area contributed by atoms with Crippen LogP contribution >= 0.6 is 11.3 Å². The van der Waals surface area contributed by atoms with E-state index >= 15 is 0 Å². The minimum absolute atomic E-state index is 0.0884. The first-order valence-electron chi connectivity index (χ1n) is 8.74. The van der Waals surface area contributed by atoms with E-state index in [4.69, 9.17) is 0 Å². The summed E-state index contributed by atoms with van der Waals surface area (Å²) in [5, 5.41) is 9.63. The lowest BCUT2D eigenvalue weighted by molar-refractivity contribution is 0.0701. The lowest BCUT2D eigenvalue weighted by atomic mass is 10.0. The smallest absolute Gasteiger partial charge is 0.346 e. The van der Waals surface area contributed by atoms with Crippen LogP contribution in [0.3, 0.4) is 0 Å². The van der Waals surface area contributed by atoms with Gasteiger partial charge in [0.15, 0.2) is 0 Å². The lowest BCUT2D eigenvalue weighted by Crippen LogP contribution is -2.11. The second kappa shape index (κ2) is 7.44. The van der Waals surface area contributed by atoms with Gasteiger partial charge in [0.05, 0.1) is 5.39 Å². The SMILES string of the molecule is Cc1c(C(=O)O)sc2nc(/C(=C\c3cccc(F)c3)c3ccccc3)[nH]c(=O)c12. The molecule has 2 aromatic carbocycles. The maximum absolute atomic E-state index is 13.7. The molecule has 0 aliphatic heterocycles. The fraction of sp³-hybridized carbons (Fsp3) is 0.0455. The van der Waals surface area contributed by atoms with Gasteiger partial charge in [-0.2, -0.15) is 0 Å². The first-order valence-corrected chi connectivity index (χ1v) is 9.55. The molecule has 0 atom stereocenters.